The normalized spacial score (nSPS) is 16.7. The minimum absolute atomic E-state index is 0.0776. The minimum Gasteiger partial charge on any atom is -0.367 e. The Labute approximate surface area is 161 Å². The van der Waals surface area contributed by atoms with Crippen LogP contribution in [0.5, 0.6) is 0 Å². The van der Waals surface area contributed by atoms with Gasteiger partial charge in [0.2, 0.25) is 0 Å². The fourth-order valence-corrected chi connectivity index (χ4v) is 5.49. The number of hydrogen-bond donors (Lipinski definition) is 0. The van der Waals surface area contributed by atoms with Gasteiger partial charge in [-0.15, -0.1) is 0 Å². The summed E-state index contributed by atoms with van der Waals surface area (Å²) in [6, 6.07) is 27.5. The molecule has 27 heavy (non-hydrogen) atoms. The van der Waals surface area contributed by atoms with E-state index in [-0.39, 0.29) is 11.7 Å². The van der Waals surface area contributed by atoms with Crippen LogP contribution < -0.4 is 4.90 Å². The largest absolute Gasteiger partial charge is 0.367 e. The topological polar surface area (TPSA) is 37.4 Å². The molecule has 1 atom stereocenters. The van der Waals surface area contributed by atoms with Crippen molar-refractivity contribution in [1.29, 1.82) is 0 Å². The van der Waals surface area contributed by atoms with Gasteiger partial charge in [0.05, 0.1) is 10.6 Å². The fourth-order valence-electron chi connectivity index (χ4n) is 3.88. The van der Waals surface area contributed by atoms with E-state index in [2.05, 4.69) is 35.2 Å². The number of para-hydroxylation sites is 1. The van der Waals surface area contributed by atoms with Crippen LogP contribution in [0.1, 0.15) is 11.1 Å². The van der Waals surface area contributed by atoms with Crippen LogP contribution in [0, 0.1) is 5.92 Å². The number of fused-ring (bicyclic) bond motifs is 1. The smallest absolute Gasteiger partial charge is 0.178 e. The molecule has 1 heterocycles. The molecule has 0 amide bonds. The third-order valence-corrected chi connectivity index (χ3v) is 6.99. The van der Waals surface area contributed by atoms with Gasteiger partial charge in [0, 0.05) is 18.8 Å². The van der Waals surface area contributed by atoms with E-state index in [0.717, 1.165) is 19.5 Å². The predicted molar refractivity (Wildman–Crippen MR) is 110 cm³/mol. The van der Waals surface area contributed by atoms with Crippen molar-refractivity contribution in [1.82, 2.24) is 0 Å². The highest BCUT2D eigenvalue weighted by atomic mass is 32.2. The van der Waals surface area contributed by atoms with Gasteiger partial charge in [-0.05, 0) is 41.7 Å². The average Bonchev–Trinajstić information content (AvgIpc) is 2.69. The molecule has 0 aliphatic carbocycles. The van der Waals surface area contributed by atoms with E-state index in [4.69, 9.17) is 0 Å². The molecule has 0 spiro atoms. The maximum atomic E-state index is 12.9. The molecule has 138 valence electrons. The van der Waals surface area contributed by atoms with Gasteiger partial charge < -0.3 is 4.90 Å². The molecule has 0 radical (unpaired) electrons. The molecule has 3 aromatic rings. The van der Waals surface area contributed by atoms with Gasteiger partial charge in [-0.2, -0.15) is 0 Å². The maximum absolute atomic E-state index is 12.9. The number of benzene rings is 3. The number of nitrogens with zero attached hydrogens (tertiary/aromatic N) is 1. The molecule has 0 saturated heterocycles. The van der Waals surface area contributed by atoms with Crippen molar-refractivity contribution in [2.45, 2.75) is 17.9 Å². The monoisotopic (exact) mass is 377 g/mol. The highest BCUT2D eigenvalue weighted by molar-refractivity contribution is 7.91. The van der Waals surface area contributed by atoms with Gasteiger partial charge in [-0.25, -0.2) is 8.42 Å². The molecule has 0 N–H and O–H groups in total. The summed E-state index contributed by atoms with van der Waals surface area (Å²) < 4.78 is 25.7. The van der Waals surface area contributed by atoms with E-state index in [1.165, 1.54) is 16.8 Å². The third-order valence-electron chi connectivity index (χ3n) is 5.09. The van der Waals surface area contributed by atoms with Crippen molar-refractivity contribution < 1.29 is 8.42 Å². The van der Waals surface area contributed by atoms with Gasteiger partial charge >= 0.3 is 0 Å². The van der Waals surface area contributed by atoms with Crippen LogP contribution in [0.15, 0.2) is 89.8 Å². The van der Waals surface area contributed by atoms with Gasteiger partial charge in [0.1, 0.15) is 0 Å². The van der Waals surface area contributed by atoms with Crippen molar-refractivity contribution in [3.63, 3.8) is 0 Å². The Morgan fingerprint density at radius 1 is 0.815 bits per heavy atom. The molecule has 0 aromatic heterocycles. The second kappa shape index (κ2) is 7.57. The number of hydrogen-bond acceptors (Lipinski definition) is 3. The second-order valence-corrected chi connectivity index (χ2v) is 9.19. The van der Waals surface area contributed by atoms with E-state index < -0.39 is 9.84 Å². The van der Waals surface area contributed by atoms with Gasteiger partial charge in [0.15, 0.2) is 9.84 Å². The quantitative estimate of drug-likeness (QED) is 0.664. The molecule has 0 bridgehead atoms. The zero-order chi connectivity index (χ0) is 18.7. The lowest BCUT2D eigenvalue weighted by Gasteiger charge is -2.36. The Balaban J connectivity index is 1.59. The average molecular weight is 378 g/mol. The molecule has 1 unspecified atom stereocenters. The lowest BCUT2D eigenvalue weighted by Crippen LogP contribution is -2.38. The van der Waals surface area contributed by atoms with E-state index >= 15 is 0 Å². The van der Waals surface area contributed by atoms with Crippen molar-refractivity contribution in [3.05, 3.63) is 96.1 Å². The summed E-state index contributed by atoms with van der Waals surface area (Å²) in [7, 11) is -3.29. The van der Waals surface area contributed by atoms with Crippen molar-refractivity contribution >= 4 is 15.5 Å². The summed E-state index contributed by atoms with van der Waals surface area (Å²) in [6.45, 7) is 1.54. The minimum atomic E-state index is -3.29. The van der Waals surface area contributed by atoms with Crippen LogP contribution in [0.4, 0.5) is 5.69 Å². The van der Waals surface area contributed by atoms with Crippen molar-refractivity contribution in [2.75, 3.05) is 17.2 Å². The molecule has 0 saturated carbocycles. The number of rotatable bonds is 5. The Hall–Kier alpha value is -2.59. The molecule has 4 rings (SSSR count). The second-order valence-electron chi connectivity index (χ2n) is 7.16. The highest BCUT2D eigenvalue weighted by Gasteiger charge is 2.28. The number of anilines is 1. The SMILES string of the molecule is O=S(=O)(CC1Cc2ccccc2N(Cc2ccccc2)C1)c1ccccc1. The fraction of sp³-hybridized carbons (Fsp3) is 0.217. The first-order valence-corrected chi connectivity index (χ1v) is 10.9. The van der Waals surface area contributed by atoms with Gasteiger partial charge in [-0.1, -0.05) is 66.7 Å². The lowest BCUT2D eigenvalue weighted by atomic mass is 9.93. The lowest BCUT2D eigenvalue weighted by molar-refractivity contribution is 0.516. The van der Waals surface area contributed by atoms with Crippen LogP contribution in [0.3, 0.4) is 0 Å². The molecule has 3 nitrogen and oxygen atoms in total. The van der Waals surface area contributed by atoms with Gasteiger partial charge in [-0.3, -0.25) is 0 Å². The Morgan fingerprint density at radius 2 is 1.44 bits per heavy atom. The molecule has 1 aliphatic heterocycles. The third kappa shape index (κ3) is 4.06. The summed E-state index contributed by atoms with van der Waals surface area (Å²) in [5, 5.41) is 0. The molecule has 3 aromatic carbocycles. The maximum Gasteiger partial charge on any atom is 0.178 e. The van der Waals surface area contributed by atoms with Crippen LogP contribution in [0.25, 0.3) is 0 Å². The Kier molecular flexibility index (Phi) is 4.99. The van der Waals surface area contributed by atoms with E-state index in [9.17, 15) is 8.42 Å². The summed E-state index contributed by atoms with van der Waals surface area (Å²) in [5.74, 6) is 0.255. The molecular weight excluding hydrogens is 354 g/mol. The van der Waals surface area contributed by atoms with Crippen LogP contribution >= 0.6 is 0 Å². The van der Waals surface area contributed by atoms with Crippen molar-refractivity contribution in [3.8, 4) is 0 Å². The molecule has 0 fully saturated rings. The number of sulfone groups is 1. The zero-order valence-corrected chi connectivity index (χ0v) is 16.0. The summed E-state index contributed by atoms with van der Waals surface area (Å²) in [6.07, 6.45) is 0.799. The van der Waals surface area contributed by atoms with Gasteiger partial charge in [0.25, 0.3) is 0 Å². The van der Waals surface area contributed by atoms with E-state index in [1.54, 1.807) is 24.3 Å². The van der Waals surface area contributed by atoms with Crippen molar-refractivity contribution in [2.24, 2.45) is 5.92 Å². The summed E-state index contributed by atoms with van der Waals surface area (Å²) in [4.78, 5) is 2.73. The van der Waals surface area contributed by atoms with Crippen LogP contribution in [-0.4, -0.2) is 20.7 Å². The standard InChI is InChI=1S/C23H23NO2S/c25-27(26,22-12-5-2-6-13-22)18-20-15-21-11-7-8-14-23(21)24(17-20)16-19-9-3-1-4-10-19/h1-14,20H,15-18H2. The molecule has 4 heteroatoms. The first-order chi connectivity index (χ1) is 13.1. The molecule has 1 aliphatic rings. The van der Waals surface area contributed by atoms with Crippen LogP contribution in [0.2, 0.25) is 0 Å². The first kappa shape index (κ1) is 17.8. The summed E-state index contributed by atoms with van der Waals surface area (Å²) in [5.41, 5.74) is 3.68. The zero-order valence-electron chi connectivity index (χ0n) is 15.2. The van der Waals surface area contributed by atoms with Crippen LogP contribution in [-0.2, 0) is 22.8 Å². The Morgan fingerprint density at radius 3 is 2.19 bits per heavy atom. The first-order valence-electron chi connectivity index (χ1n) is 9.26. The predicted octanol–water partition coefficient (Wildman–Crippen LogP) is 4.34. The molecular formula is C23H23NO2S. The van der Waals surface area contributed by atoms with E-state index in [1.807, 2.05) is 30.3 Å². The van der Waals surface area contributed by atoms with E-state index in [0.29, 0.717) is 4.90 Å². The highest BCUT2D eigenvalue weighted by Crippen LogP contribution is 2.32. The Bertz CT molecular complexity index is 1000. The summed E-state index contributed by atoms with van der Waals surface area (Å²) >= 11 is 0.